The maximum atomic E-state index is 11.8. The molecule has 0 amide bonds. The zero-order chi connectivity index (χ0) is 12.4. The van der Waals surface area contributed by atoms with Gasteiger partial charge in [0.2, 0.25) is 0 Å². The van der Waals surface area contributed by atoms with E-state index in [1.165, 1.54) is 6.07 Å². The zero-order valence-electron chi connectivity index (χ0n) is 9.60. The SMILES string of the molecule is CCCC(=O)c1cc(O)c2ccccc2c1O. The average Bonchev–Trinajstić information content (AvgIpc) is 2.34. The first-order chi connectivity index (χ1) is 8.15. The van der Waals surface area contributed by atoms with Crippen LogP contribution in [-0.2, 0) is 0 Å². The van der Waals surface area contributed by atoms with Crippen molar-refractivity contribution in [3.05, 3.63) is 35.9 Å². The molecule has 0 atom stereocenters. The van der Waals surface area contributed by atoms with Crippen LogP contribution in [0.25, 0.3) is 10.8 Å². The molecule has 2 aromatic carbocycles. The predicted molar refractivity (Wildman–Crippen MR) is 66.5 cm³/mol. The van der Waals surface area contributed by atoms with E-state index in [0.29, 0.717) is 23.6 Å². The van der Waals surface area contributed by atoms with Gasteiger partial charge in [0.05, 0.1) is 5.56 Å². The van der Waals surface area contributed by atoms with Gasteiger partial charge in [-0.15, -0.1) is 0 Å². The number of carbonyl (C=O) groups is 1. The molecular formula is C14H14O3. The Labute approximate surface area is 99.3 Å². The number of phenols is 2. The second kappa shape index (κ2) is 4.45. The van der Waals surface area contributed by atoms with Crippen LogP contribution in [-0.4, -0.2) is 16.0 Å². The summed E-state index contributed by atoms with van der Waals surface area (Å²) in [5.74, 6) is -0.166. The van der Waals surface area contributed by atoms with Crippen molar-refractivity contribution in [3.8, 4) is 11.5 Å². The van der Waals surface area contributed by atoms with Crippen LogP contribution in [0.1, 0.15) is 30.1 Å². The van der Waals surface area contributed by atoms with E-state index in [4.69, 9.17) is 0 Å². The third-order valence-electron chi connectivity index (χ3n) is 2.77. The van der Waals surface area contributed by atoms with E-state index in [-0.39, 0.29) is 22.8 Å². The largest absolute Gasteiger partial charge is 0.507 e. The van der Waals surface area contributed by atoms with Gasteiger partial charge >= 0.3 is 0 Å². The quantitative estimate of drug-likeness (QED) is 0.628. The van der Waals surface area contributed by atoms with Crippen LogP contribution >= 0.6 is 0 Å². The second-order valence-electron chi connectivity index (χ2n) is 4.01. The third kappa shape index (κ3) is 1.96. The van der Waals surface area contributed by atoms with Crippen molar-refractivity contribution in [1.29, 1.82) is 0 Å². The summed E-state index contributed by atoms with van der Waals surface area (Å²) in [7, 11) is 0. The minimum absolute atomic E-state index is 0.0258. The number of Topliss-reactive ketones (excluding diaryl/α,β-unsaturated/α-hetero) is 1. The highest BCUT2D eigenvalue weighted by Crippen LogP contribution is 2.35. The Morgan fingerprint density at radius 3 is 2.47 bits per heavy atom. The van der Waals surface area contributed by atoms with Gasteiger partial charge in [0, 0.05) is 17.2 Å². The van der Waals surface area contributed by atoms with E-state index in [1.807, 2.05) is 6.92 Å². The topological polar surface area (TPSA) is 57.5 Å². The Kier molecular flexibility index (Phi) is 3.00. The summed E-state index contributed by atoms with van der Waals surface area (Å²) in [6.45, 7) is 1.90. The number of aromatic hydroxyl groups is 2. The smallest absolute Gasteiger partial charge is 0.166 e. The van der Waals surface area contributed by atoms with Crippen molar-refractivity contribution >= 4 is 16.6 Å². The molecule has 0 aliphatic carbocycles. The molecule has 0 radical (unpaired) electrons. The summed E-state index contributed by atoms with van der Waals surface area (Å²) in [6, 6.07) is 8.27. The molecule has 0 aromatic heterocycles. The molecule has 88 valence electrons. The van der Waals surface area contributed by atoms with Crippen LogP contribution in [0.5, 0.6) is 11.5 Å². The molecule has 0 heterocycles. The number of fused-ring (bicyclic) bond motifs is 1. The maximum absolute atomic E-state index is 11.8. The fraction of sp³-hybridized carbons (Fsp3) is 0.214. The highest BCUT2D eigenvalue weighted by molar-refractivity contribution is 6.06. The van der Waals surface area contributed by atoms with Crippen LogP contribution < -0.4 is 0 Å². The van der Waals surface area contributed by atoms with Gasteiger partial charge in [-0.2, -0.15) is 0 Å². The number of carbonyl (C=O) groups excluding carboxylic acids is 1. The lowest BCUT2D eigenvalue weighted by Crippen LogP contribution is -1.99. The lowest BCUT2D eigenvalue weighted by atomic mass is 9.99. The lowest BCUT2D eigenvalue weighted by Gasteiger charge is -2.08. The van der Waals surface area contributed by atoms with Crippen LogP contribution in [0.15, 0.2) is 30.3 Å². The van der Waals surface area contributed by atoms with Crippen molar-refractivity contribution < 1.29 is 15.0 Å². The third-order valence-corrected chi connectivity index (χ3v) is 2.77. The molecule has 0 bridgehead atoms. The first kappa shape index (κ1) is 11.5. The summed E-state index contributed by atoms with van der Waals surface area (Å²) >= 11 is 0. The summed E-state index contributed by atoms with van der Waals surface area (Å²) in [4.78, 5) is 11.8. The van der Waals surface area contributed by atoms with Crippen LogP contribution in [0.4, 0.5) is 0 Å². The van der Waals surface area contributed by atoms with E-state index in [2.05, 4.69) is 0 Å². The summed E-state index contributed by atoms with van der Waals surface area (Å²) in [5.41, 5.74) is 0.197. The monoisotopic (exact) mass is 230 g/mol. The Morgan fingerprint density at radius 1 is 1.18 bits per heavy atom. The summed E-state index contributed by atoms with van der Waals surface area (Å²) < 4.78 is 0. The van der Waals surface area contributed by atoms with Crippen molar-refractivity contribution in [3.63, 3.8) is 0 Å². The fourth-order valence-corrected chi connectivity index (χ4v) is 1.92. The maximum Gasteiger partial charge on any atom is 0.166 e. The minimum Gasteiger partial charge on any atom is -0.507 e. The molecule has 0 spiro atoms. The van der Waals surface area contributed by atoms with Gasteiger partial charge < -0.3 is 10.2 Å². The number of rotatable bonds is 3. The molecule has 0 fully saturated rings. The standard InChI is InChI=1S/C14H14O3/c1-2-5-12(15)11-8-13(16)9-6-3-4-7-10(9)14(11)17/h3-4,6-8,16-17H,2,5H2,1H3. The highest BCUT2D eigenvalue weighted by Gasteiger charge is 2.15. The van der Waals surface area contributed by atoms with Crippen molar-refractivity contribution in [2.24, 2.45) is 0 Å². The molecule has 0 aliphatic rings. The van der Waals surface area contributed by atoms with Gasteiger partial charge in [-0.3, -0.25) is 4.79 Å². The molecule has 0 unspecified atom stereocenters. The number of phenolic OH excluding ortho intramolecular Hbond substituents is 2. The molecule has 0 saturated heterocycles. The first-order valence-corrected chi connectivity index (χ1v) is 5.62. The minimum atomic E-state index is -0.147. The molecule has 3 nitrogen and oxygen atoms in total. The van der Waals surface area contributed by atoms with Crippen molar-refractivity contribution in [2.45, 2.75) is 19.8 Å². The molecule has 0 aliphatic heterocycles. The van der Waals surface area contributed by atoms with E-state index in [9.17, 15) is 15.0 Å². The number of benzene rings is 2. The van der Waals surface area contributed by atoms with Gasteiger partial charge in [-0.1, -0.05) is 31.2 Å². The zero-order valence-corrected chi connectivity index (χ0v) is 9.60. The van der Waals surface area contributed by atoms with Gasteiger partial charge in [0.15, 0.2) is 5.78 Å². The Morgan fingerprint density at radius 2 is 1.82 bits per heavy atom. The average molecular weight is 230 g/mol. The van der Waals surface area contributed by atoms with E-state index >= 15 is 0 Å². The number of ketones is 1. The van der Waals surface area contributed by atoms with Gasteiger partial charge in [0.25, 0.3) is 0 Å². The van der Waals surface area contributed by atoms with E-state index in [1.54, 1.807) is 24.3 Å². The highest BCUT2D eigenvalue weighted by atomic mass is 16.3. The Balaban J connectivity index is 2.67. The van der Waals surface area contributed by atoms with Crippen molar-refractivity contribution in [2.75, 3.05) is 0 Å². The fourth-order valence-electron chi connectivity index (χ4n) is 1.92. The van der Waals surface area contributed by atoms with Gasteiger partial charge in [-0.05, 0) is 12.5 Å². The van der Waals surface area contributed by atoms with Crippen LogP contribution in [0.2, 0.25) is 0 Å². The van der Waals surface area contributed by atoms with Crippen LogP contribution in [0.3, 0.4) is 0 Å². The Hall–Kier alpha value is -2.03. The van der Waals surface area contributed by atoms with E-state index in [0.717, 1.165) is 0 Å². The summed E-state index contributed by atoms with van der Waals surface area (Å²) in [6.07, 6.45) is 1.08. The molecule has 2 rings (SSSR count). The lowest BCUT2D eigenvalue weighted by molar-refractivity contribution is 0.0979. The Bertz CT molecular complexity index is 573. The normalized spacial score (nSPS) is 10.6. The van der Waals surface area contributed by atoms with Gasteiger partial charge in [-0.25, -0.2) is 0 Å². The molecule has 2 aromatic rings. The molecule has 2 N–H and O–H groups in total. The molecule has 17 heavy (non-hydrogen) atoms. The van der Waals surface area contributed by atoms with Crippen molar-refractivity contribution in [1.82, 2.24) is 0 Å². The number of hydrogen-bond acceptors (Lipinski definition) is 3. The second-order valence-corrected chi connectivity index (χ2v) is 4.01. The molecule has 3 heteroatoms. The predicted octanol–water partition coefficient (Wildman–Crippen LogP) is 3.23. The van der Waals surface area contributed by atoms with Gasteiger partial charge in [0.1, 0.15) is 11.5 Å². The molecular weight excluding hydrogens is 216 g/mol. The van der Waals surface area contributed by atoms with Crippen LogP contribution in [0, 0.1) is 0 Å². The summed E-state index contributed by atoms with van der Waals surface area (Å²) in [5, 5.41) is 20.9. The molecule has 0 saturated carbocycles. The first-order valence-electron chi connectivity index (χ1n) is 5.62. The number of hydrogen-bond donors (Lipinski definition) is 2. The van der Waals surface area contributed by atoms with E-state index < -0.39 is 0 Å².